The molecule has 0 aromatic rings. The molecule has 3 heteroatoms. The van der Waals surface area contributed by atoms with Crippen LogP contribution in [0.5, 0.6) is 0 Å². The van der Waals surface area contributed by atoms with Crippen molar-refractivity contribution < 1.29 is 9.53 Å². The number of amides is 1. The van der Waals surface area contributed by atoms with Gasteiger partial charge in [-0.3, -0.25) is 4.79 Å². The fourth-order valence-corrected chi connectivity index (χ4v) is 3.47. The molecule has 0 aromatic carbocycles. The summed E-state index contributed by atoms with van der Waals surface area (Å²) in [6.45, 7) is 3.66. The smallest absolute Gasteiger partial charge is 0.225 e. The van der Waals surface area contributed by atoms with Crippen LogP contribution in [0.25, 0.3) is 0 Å². The zero-order chi connectivity index (χ0) is 11.0. The molecule has 1 amide bonds. The van der Waals surface area contributed by atoms with Crippen LogP contribution in [-0.2, 0) is 9.53 Å². The van der Waals surface area contributed by atoms with Crippen LogP contribution < -0.4 is 0 Å². The number of likely N-dealkylation sites (tertiary alicyclic amines) is 1. The quantitative estimate of drug-likeness (QED) is 0.677. The molecule has 3 rings (SSSR count). The van der Waals surface area contributed by atoms with Crippen molar-refractivity contribution in [2.75, 3.05) is 26.3 Å². The maximum Gasteiger partial charge on any atom is 0.225 e. The molecule has 3 fully saturated rings. The fourth-order valence-electron chi connectivity index (χ4n) is 3.47. The second kappa shape index (κ2) is 4.36. The number of ether oxygens (including phenoxy) is 1. The highest BCUT2D eigenvalue weighted by molar-refractivity contribution is 5.79. The van der Waals surface area contributed by atoms with Crippen molar-refractivity contribution in [1.29, 1.82) is 0 Å². The van der Waals surface area contributed by atoms with Gasteiger partial charge in [0.15, 0.2) is 0 Å². The Balaban J connectivity index is 1.59. The van der Waals surface area contributed by atoms with Gasteiger partial charge in [0.25, 0.3) is 0 Å². The van der Waals surface area contributed by atoms with Crippen LogP contribution in [0.1, 0.15) is 32.1 Å². The molecule has 0 N–H and O–H groups in total. The highest BCUT2D eigenvalue weighted by Gasteiger charge is 2.40. The number of rotatable bonds is 1. The van der Waals surface area contributed by atoms with Gasteiger partial charge in [-0.05, 0) is 12.8 Å². The molecule has 16 heavy (non-hydrogen) atoms. The largest absolute Gasteiger partial charge is 0.381 e. The van der Waals surface area contributed by atoms with Gasteiger partial charge in [0.2, 0.25) is 5.91 Å². The predicted molar refractivity (Wildman–Crippen MR) is 61.0 cm³/mol. The van der Waals surface area contributed by atoms with Gasteiger partial charge in [0.1, 0.15) is 0 Å². The van der Waals surface area contributed by atoms with E-state index in [1.165, 1.54) is 19.3 Å². The standard InChI is InChI=1S/C13H21NO2/c15-13(10-4-2-1-3-5-10)14-6-11-8-16-9-12(11)7-14/h10-12H,1-9H2. The molecule has 0 radical (unpaired) electrons. The van der Waals surface area contributed by atoms with Crippen LogP contribution >= 0.6 is 0 Å². The van der Waals surface area contributed by atoms with E-state index >= 15 is 0 Å². The lowest BCUT2D eigenvalue weighted by Gasteiger charge is -2.26. The van der Waals surface area contributed by atoms with Crippen LogP contribution in [0.3, 0.4) is 0 Å². The maximum absolute atomic E-state index is 12.3. The summed E-state index contributed by atoms with van der Waals surface area (Å²) in [6.07, 6.45) is 6.08. The predicted octanol–water partition coefficient (Wildman–Crippen LogP) is 1.67. The van der Waals surface area contributed by atoms with Crippen LogP contribution in [0.4, 0.5) is 0 Å². The molecule has 0 bridgehead atoms. The summed E-state index contributed by atoms with van der Waals surface area (Å²) in [6, 6.07) is 0. The monoisotopic (exact) mass is 223 g/mol. The Morgan fingerprint density at radius 2 is 1.62 bits per heavy atom. The van der Waals surface area contributed by atoms with Crippen molar-refractivity contribution in [3.05, 3.63) is 0 Å². The molecule has 3 nitrogen and oxygen atoms in total. The van der Waals surface area contributed by atoms with Gasteiger partial charge in [-0.2, -0.15) is 0 Å². The number of carbonyl (C=O) groups excluding carboxylic acids is 1. The van der Waals surface area contributed by atoms with E-state index in [1.54, 1.807) is 0 Å². The lowest BCUT2D eigenvalue weighted by atomic mass is 9.88. The van der Waals surface area contributed by atoms with Crippen LogP contribution in [0.15, 0.2) is 0 Å². The van der Waals surface area contributed by atoms with E-state index in [4.69, 9.17) is 4.74 Å². The Labute approximate surface area is 97.1 Å². The van der Waals surface area contributed by atoms with Crippen molar-refractivity contribution in [2.45, 2.75) is 32.1 Å². The Bertz CT molecular complexity index is 261. The van der Waals surface area contributed by atoms with Crippen molar-refractivity contribution in [3.63, 3.8) is 0 Å². The van der Waals surface area contributed by atoms with Gasteiger partial charge in [-0.1, -0.05) is 19.3 Å². The van der Waals surface area contributed by atoms with Crippen molar-refractivity contribution >= 4 is 5.91 Å². The lowest BCUT2D eigenvalue weighted by molar-refractivity contribution is -0.136. The van der Waals surface area contributed by atoms with E-state index in [9.17, 15) is 4.79 Å². The summed E-state index contributed by atoms with van der Waals surface area (Å²) in [4.78, 5) is 14.4. The van der Waals surface area contributed by atoms with E-state index in [1.807, 2.05) is 0 Å². The first-order chi connectivity index (χ1) is 7.84. The first-order valence-corrected chi connectivity index (χ1v) is 6.71. The summed E-state index contributed by atoms with van der Waals surface area (Å²) in [7, 11) is 0. The highest BCUT2D eigenvalue weighted by Crippen LogP contribution is 2.32. The number of nitrogens with zero attached hydrogens (tertiary/aromatic N) is 1. The third-order valence-corrected chi connectivity index (χ3v) is 4.51. The molecule has 2 unspecified atom stereocenters. The summed E-state index contributed by atoms with van der Waals surface area (Å²) < 4.78 is 5.45. The summed E-state index contributed by atoms with van der Waals surface area (Å²) >= 11 is 0. The summed E-state index contributed by atoms with van der Waals surface area (Å²) in [5, 5.41) is 0. The van der Waals surface area contributed by atoms with Crippen molar-refractivity contribution in [2.24, 2.45) is 17.8 Å². The zero-order valence-electron chi connectivity index (χ0n) is 9.86. The van der Waals surface area contributed by atoms with Gasteiger partial charge in [-0.15, -0.1) is 0 Å². The molecule has 2 aliphatic heterocycles. The molecular formula is C13H21NO2. The third-order valence-electron chi connectivity index (χ3n) is 4.51. The third kappa shape index (κ3) is 1.86. The minimum atomic E-state index is 0.341. The molecule has 0 aromatic heterocycles. The number of hydrogen-bond donors (Lipinski definition) is 0. The number of carbonyl (C=O) groups is 1. The summed E-state index contributed by atoms with van der Waals surface area (Å²) in [5.41, 5.74) is 0. The molecule has 2 atom stereocenters. The molecule has 2 heterocycles. The van der Waals surface area contributed by atoms with Gasteiger partial charge >= 0.3 is 0 Å². The number of fused-ring (bicyclic) bond motifs is 1. The lowest BCUT2D eigenvalue weighted by Crippen LogP contribution is -2.36. The molecule has 1 saturated carbocycles. The van der Waals surface area contributed by atoms with Crippen LogP contribution in [-0.4, -0.2) is 37.1 Å². The van der Waals surface area contributed by atoms with Crippen molar-refractivity contribution in [1.82, 2.24) is 4.90 Å². The highest BCUT2D eigenvalue weighted by atomic mass is 16.5. The van der Waals surface area contributed by atoms with Crippen LogP contribution in [0, 0.1) is 17.8 Å². The topological polar surface area (TPSA) is 29.5 Å². The van der Waals surface area contributed by atoms with E-state index in [0.29, 0.717) is 23.7 Å². The first kappa shape index (κ1) is 10.6. The Morgan fingerprint density at radius 1 is 1.00 bits per heavy atom. The molecule has 3 aliphatic rings. The maximum atomic E-state index is 12.3. The Kier molecular flexibility index (Phi) is 2.88. The van der Waals surface area contributed by atoms with Crippen LogP contribution in [0.2, 0.25) is 0 Å². The van der Waals surface area contributed by atoms with E-state index < -0.39 is 0 Å². The Morgan fingerprint density at radius 3 is 2.25 bits per heavy atom. The minimum Gasteiger partial charge on any atom is -0.381 e. The SMILES string of the molecule is O=C(C1CCCCC1)N1CC2COCC2C1. The summed E-state index contributed by atoms with van der Waals surface area (Å²) in [5.74, 6) is 2.04. The normalized spacial score (nSPS) is 35.4. The van der Waals surface area contributed by atoms with E-state index in [2.05, 4.69) is 4.90 Å². The van der Waals surface area contributed by atoms with Gasteiger partial charge < -0.3 is 9.64 Å². The second-order valence-corrected chi connectivity index (χ2v) is 5.64. The van der Waals surface area contributed by atoms with Gasteiger partial charge in [-0.25, -0.2) is 0 Å². The molecule has 1 aliphatic carbocycles. The fraction of sp³-hybridized carbons (Fsp3) is 0.923. The van der Waals surface area contributed by atoms with E-state index in [-0.39, 0.29) is 0 Å². The average Bonchev–Trinajstić information content (AvgIpc) is 2.89. The Hall–Kier alpha value is -0.570. The van der Waals surface area contributed by atoms with Gasteiger partial charge in [0.05, 0.1) is 13.2 Å². The van der Waals surface area contributed by atoms with E-state index in [0.717, 1.165) is 39.1 Å². The minimum absolute atomic E-state index is 0.341. The first-order valence-electron chi connectivity index (χ1n) is 6.71. The molecule has 2 saturated heterocycles. The number of hydrogen-bond acceptors (Lipinski definition) is 2. The molecular weight excluding hydrogens is 202 g/mol. The van der Waals surface area contributed by atoms with Gasteiger partial charge in [0, 0.05) is 30.8 Å². The molecule has 0 spiro atoms. The molecule has 90 valence electrons. The van der Waals surface area contributed by atoms with Crippen molar-refractivity contribution in [3.8, 4) is 0 Å². The second-order valence-electron chi connectivity index (χ2n) is 5.64. The average molecular weight is 223 g/mol. The zero-order valence-corrected chi connectivity index (χ0v) is 9.86.